The zero-order valence-electron chi connectivity index (χ0n) is 15.2. The summed E-state index contributed by atoms with van der Waals surface area (Å²) in [7, 11) is 3.98. The van der Waals surface area contributed by atoms with E-state index in [1.807, 2.05) is 74.6 Å². The third kappa shape index (κ3) is 4.48. The Morgan fingerprint density at radius 2 is 1.96 bits per heavy atom. The summed E-state index contributed by atoms with van der Waals surface area (Å²) < 4.78 is 0. The van der Waals surface area contributed by atoms with Crippen LogP contribution in [0, 0.1) is 0 Å². The van der Waals surface area contributed by atoms with Crippen LogP contribution in [0.2, 0.25) is 0 Å². The van der Waals surface area contributed by atoms with Crippen LogP contribution in [-0.4, -0.2) is 24.0 Å². The van der Waals surface area contributed by atoms with Gasteiger partial charge in [-0.05, 0) is 41.8 Å². The fourth-order valence-electron chi connectivity index (χ4n) is 2.58. The molecule has 0 aliphatic rings. The van der Waals surface area contributed by atoms with E-state index < -0.39 is 0 Å². The first-order valence-electron chi connectivity index (χ1n) is 8.16. The Morgan fingerprint density at radius 3 is 2.56 bits per heavy atom. The van der Waals surface area contributed by atoms with E-state index in [4.69, 9.17) is 5.73 Å². The van der Waals surface area contributed by atoms with Crippen molar-refractivity contribution in [3.63, 3.8) is 0 Å². The van der Waals surface area contributed by atoms with Crippen molar-refractivity contribution in [2.75, 3.05) is 19.8 Å². The average molecular weight is 331 g/mol. The molecule has 25 heavy (non-hydrogen) atoms. The predicted octanol–water partition coefficient (Wildman–Crippen LogP) is 5.01. The van der Waals surface area contributed by atoms with Crippen LogP contribution in [0.5, 0.6) is 0 Å². The molecular weight excluding hydrogens is 306 g/mol. The van der Waals surface area contributed by atoms with Gasteiger partial charge < -0.3 is 10.6 Å². The van der Waals surface area contributed by atoms with Crippen molar-refractivity contribution in [3.05, 3.63) is 85.1 Å². The van der Waals surface area contributed by atoms with Crippen LogP contribution in [0.4, 0.5) is 5.82 Å². The maximum absolute atomic E-state index is 6.14. The van der Waals surface area contributed by atoms with E-state index in [1.54, 1.807) is 0 Å². The molecule has 3 nitrogen and oxygen atoms in total. The first kappa shape index (κ1) is 18.3. The van der Waals surface area contributed by atoms with Crippen molar-refractivity contribution in [2.45, 2.75) is 6.92 Å². The molecule has 0 saturated carbocycles. The summed E-state index contributed by atoms with van der Waals surface area (Å²) in [5, 5.41) is 0. The molecule has 0 spiro atoms. The van der Waals surface area contributed by atoms with Crippen molar-refractivity contribution >= 4 is 17.0 Å². The van der Waals surface area contributed by atoms with E-state index in [0.717, 1.165) is 33.5 Å². The number of aromatic nitrogens is 1. The number of rotatable bonds is 6. The van der Waals surface area contributed by atoms with Gasteiger partial charge in [0.15, 0.2) is 0 Å². The zero-order chi connectivity index (χ0) is 18.4. The third-order valence-corrected chi connectivity index (χ3v) is 3.75. The molecule has 2 aromatic rings. The number of benzene rings is 1. The lowest BCUT2D eigenvalue weighted by molar-refractivity contribution is 0.566. The van der Waals surface area contributed by atoms with E-state index in [1.165, 1.54) is 0 Å². The zero-order valence-corrected chi connectivity index (χ0v) is 15.2. The quantitative estimate of drug-likeness (QED) is 0.757. The molecule has 1 heterocycles. The monoisotopic (exact) mass is 331 g/mol. The molecule has 0 amide bonds. The van der Waals surface area contributed by atoms with Gasteiger partial charge in [-0.15, -0.1) is 0 Å². The van der Waals surface area contributed by atoms with Crippen molar-refractivity contribution in [1.29, 1.82) is 0 Å². The molecule has 2 rings (SSSR count). The van der Waals surface area contributed by atoms with Crippen LogP contribution in [0.25, 0.3) is 22.4 Å². The number of nitrogen functional groups attached to an aromatic ring is 1. The second-order valence-corrected chi connectivity index (χ2v) is 5.99. The average Bonchev–Trinajstić information content (AvgIpc) is 2.59. The number of nitrogens with zero attached hydrogens (tertiary/aromatic N) is 2. The Hall–Kier alpha value is -3.07. The minimum absolute atomic E-state index is 0.485. The fraction of sp³-hybridized carbons (Fsp3) is 0.136. The van der Waals surface area contributed by atoms with Crippen molar-refractivity contribution in [1.82, 2.24) is 9.88 Å². The number of pyridine rings is 1. The summed E-state index contributed by atoms with van der Waals surface area (Å²) in [5.41, 5.74) is 11.8. The minimum atomic E-state index is 0.485. The molecule has 0 unspecified atom stereocenters. The van der Waals surface area contributed by atoms with Crippen LogP contribution in [0.3, 0.4) is 0 Å². The highest BCUT2D eigenvalue weighted by atomic mass is 15.0. The number of anilines is 1. The van der Waals surface area contributed by atoms with Gasteiger partial charge in [-0.3, -0.25) is 0 Å². The van der Waals surface area contributed by atoms with Crippen LogP contribution >= 0.6 is 0 Å². The van der Waals surface area contributed by atoms with Gasteiger partial charge in [-0.2, -0.15) is 0 Å². The first-order valence-corrected chi connectivity index (χ1v) is 8.16. The molecule has 0 aliphatic carbocycles. The van der Waals surface area contributed by atoms with Crippen molar-refractivity contribution in [3.8, 4) is 11.3 Å². The van der Waals surface area contributed by atoms with Crippen molar-refractivity contribution < 1.29 is 0 Å². The summed E-state index contributed by atoms with van der Waals surface area (Å²) in [6, 6.07) is 12.1. The smallest absolute Gasteiger partial charge is 0.131 e. The van der Waals surface area contributed by atoms with Gasteiger partial charge in [0.05, 0.1) is 5.69 Å². The van der Waals surface area contributed by atoms with E-state index in [-0.39, 0.29) is 0 Å². The van der Waals surface area contributed by atoms with Gasteiger partial charge in [0.25, 0.3) is 0 Å². The molecule has 0 radical (unpaired) electrons. The van der Waals surface area contributed by atoms with Crippen LogP contribution in [-0.2, 0) is 0 Å². The summed E-state index contributed by atoms with van der Waals surface area (Å²) in [5.74, 6) is 0.485. The lowest BCUT2D eigenvalue weighted by atomic mass is 10.0. The first-order chi connectivity index (χ1) is 12.0. The molecule has 1 aromatic carbocycles. The van der Waals surface area contributed by atoms with Gasteiger partial charge in [0, 0.05) is 31.4 Å². The van der Waals surface area contributed by atoms with E-state index in [2.05, 4.69) is 30.3 Å². The van der Waals surface area contributed by atoms with E-state index >= 15 is 0 Å². The number of hydrogen-bond acceptors (Lipinski definition) is 3. The van der Waals surface area contributed by atoms with Crippen molar-refractivity contribution in [2.24, 2.45) is 0 Å². The Morgan fingerprint density at radius 1 is 1.20 bits per heavy atom. The standard InChI is InChI=1S/C22H25N3/c1-6-9-16(3)20-12-13-21(24-22(20)23)19-11-8-10-18(14-19)17(7-2)15-25(4)5/h6-15H,2-3H2,1,4-5H3,(H2,23,24)/b9-6-,17-15+. The fourth-order valence-corrected chi connectivity index (χ4v) is 2.58. The lowest BCUT2D eigenvalue weighted by Crippen LogP contribution is -2.02. The maximum atomic E-state index is 6.14. The van der Waals surface area contributed by atoms with Gasteiger partial charge in [-0.1, -0.05) is 49.6 Å². The Balaban J connectivity index is 2.43. The van der Waals surface area contributed by atoms with E-state index in [0.29, 0.717) is 5.82 Å². The van der Waals surface area contributed by atoms with Crippen LogP contribution in [0.1, 0.15) is 18.1 Å². The van der Waals surface area contributed by atoms with E-state index in [9.17, 15) is 0 Å². The molecule has 3 heteroatoms. The highest BCUT2D eigenvalue weighted by Gasteiger charge is 2.08. The third-order valence-electron chi connectivity index (χ3n) is 3.75. The lowest BCUT2D eigenvalue weighted by Gasteiger charge is -2.11. The number of allylic oxidation sites excluding steroid dienone is 5. The number of nitrogens with two attached hydrogens (primary N) is 1. The minimum Gasteiger partial charge on any atom is -0.383 e. The molecule has 0 bridgehead atoms. The molecule has 0 atom stereocenters. The summed E-state index contributed by atoms with van der Waals surface area (Å²) in [6.07, 6.45) is 7.76. The molecule has 1 aromatic heterocycles. The predicted molar refractivity (Wildman–Crippen MR) is 110 cm³/mol. The number of hydrogen-bond donors (Lipinski definition) is 1. The second kappa shape index (κ2) is 8.15. The summed E-state index contributed by atoms with van der Waals surface area (Å²) in [4.78, 5) is 6.56. The molecule has 0 aliphatic heterocycles. The highest BCUT2D eigenvalue weighted by molar-refractivity contribution is 5.81. The largest absolute Gasteiger partial charge is 0.383 e. The molecule has 2 N–H and O–H groups in total. The second-order valence-electron chi connectivity index (χ2n) is 5.99. The highest BCUT2D eigenvalue weighted by Crippen LogP contribution is 2.27. The van der Waals surface area contributed by atoms with Gasteiger partial charge in [0.1, 0.15) is 5.82 Å². The molecule has 128 valence electrons. The molecule has 0 saturated heterocycles. The molecule has 0 fully saturated rings. The Bertz CT molecular complexity index is 842. The van der Waals surface area contributed by atoms with Crippen LogP contribution in [0.15, 0.2) is 74.0 Å². The summed E-state index contributed by atoms with van der Waals surface area (Å²) >= 11 is 0. The molecular formula is C22H25N3. The normalized spacial score (nSPS) is 11.6. The van der Waals surface area contributed by atoms with Gasteiger partial charge in [-0.25, -0.2) is 4.98 Å². The Labute approximate surface area is 150 Å². The van der Waals surface area contributed by atoms with Gasteiger partial charge in [0.2, 0.25) is 0 Å². The van der Waals surface area contributed by atoms with Crippen LogP contribution < -0.4 is 5.73 Å². The maximum Gasteiger partial charge on any atom is 0.131 e. The summed E-state index contributed by atoms with van der Waals surface area (Å²) in [6.45, 7) is 9.88. The SMILES string of the molecule is C=C/C(=C\N(C)C)c1cccc(-c2ccc(C(=C)/C=C\C)c(N)n2)c1. The topological polar surface area (TPSA) is 42.1 Å². The Kier molecular flexibility index (Phi) is 5.96. The van der Waals surface area contributed by atoms with Gasteiger partial charge >= 0.3 is 0 Å².